The van der Waals surface area contributed by atoms with Crippen molar-refractivity contribution in [3.05, 3.63) is 30.1 Å². The van der Waals surface area contributed by atoms with Crippen LogP contribution in [0.25, 0.3) is 0 Å². The zero-order chi connectivity index (χ0) is 18.4. The second kappa shape index (κ2) is 8.03. The summed E-state index contributed by atoms with van der Waals surface area (Å²) in [5.41, 5.74) is -0.0953. The lowest BCUT2D eigenvalue weighted by molar-refractivity contribution is -0.130. The van der Waals surface area contributed by atoms with Crippen molar-refractivity contribution >= 4 is 11.8 Å². The molecule has 2 N–H and O–H groups in total. The molecule has 1 aromatic heterocycles. The number of hydrogen-bond acceptors (Lipinski definition) is 5. The lowest BCUT2D eigenvalue weighted by Crippen LogP contribution is -2.52. The number of halogens is 1. The molecule has 134 valence electrons. The highest BCUT2D eigenvalue weighted by atomic mass is 19.1. The van der Waals surface area contributed by atoms with Gasteiger partial charge in [0.2, 0.25) is 5.91 Å². The first-order valence-electron chi connectivity index (χ1n) is 8.09. The van der Waals surface area contributed by atoms with Gasteiger partial charge in [0.15, 0.2) is 0 Å². The summed E-state index contributed by atoms with van der Waals surface area (Å²) in [4.78, 5) is 29.4. The van der Waals surface area contributed by atoms with Gasteiger partial charge in [-0.3, -0.25) is 14.6 Å². The first kappa shape index (κ1) is 18.8. The van der Waals surface area contributed by atoms with Crippen LogP contribution in [-0.4, -0.2) is 59.1 Å². The smallest absolute Gasteiger partial charge is 0.252 e. The van der Waals surface area contributed by atoms with Crippen molar-refractivity contribution in [2.24, 2.45) is 0 Å². The number of aromatic nitrogens is 1. The molecule has 0 unspecified atom stereocenters. The van der Waals surface area contributed by atoms with Crippen LogP contribution in [0.3, 0.4) is 0 Å². The molecule has 0 radical (unpaired) electrons. The molecule has 1 fully saturated rings. The molecule has 1 aliphatic rings. The molecule has 0 saturated carbocycles. The molecule has 0 aliphatic carbocycles. The Morgan fingerprint density at radius 2 is 2.28 bits per heavy atom. The fraction of sp³-hybridized carbons (Fsp3) is 0.529. The van der Waals surface area contributed by atoms with Crippen LogP contribution >= 0.6 is 0 Å². The quantitative estimate of drug-likeness (QED) is 0.787. The van der Waals surface area contributed by atoms with Crippen LogP contribution in [0.1, 0.15) is 30.6 Å². The van der Waals surface area contributed by atoms with Crippen LogP contribution in [0.15, 0.2) is 24.5 Å². The van der Waals surface area contributed by atoms with E-state index in [4.69, 9.17) is 5.26 Å². The van der Waals surface area contributed by atoms with Crippen molar-refractivity contribution < 1.29 is 14.0 Å². The maximum Gasteiger partial charge on any atom is 0.252 e. The van der Waals surface area contributed by atoms with E-state index in [9.17, 15) is 14.0 Å². The number of likely N-dealkylation sites (tertiary alicyclic amines) is 1. The molecular weight excluding hydrogens is 325 g/mol. The third-order valence-electron chi connectivity index (χ3n) is 4.05. The van der Waals surface area contributed by atoms with Gasteiger partial charge in [-0.2, -0.15) is 5.26 Å². The fourth-order valence-electron chi connectivity index (χ4n) is 2.56. The molecular formula is C17H22FN5O2. The normalized spacial score (nSPS) is 20.2. The predicted octanol–water partition coefficient (Wildman–Crippen LogP) is 0.642. The van der Waals surface area contributed by atoms with Gasteiger partial charge in [0, 0.05) is 30.9 Å². The minimum Gasteiger partial charge on any atom is -0.350 e. The van der Waals surface area contributed by atoms with Gasteiger partial charge in [0.05, 0.1) is 24.7 Å². The van der Waals surface area contributed by atoms with Crippen molar-refractivity contribution in [3.8, 4) is 6.07 Å². The highest BCUT2D eigenvalue weighted by Crippen LogP contribution is 2.19. The van der Waals surface area contributed by atoms with E-state index >= 15 is 0 Å². The first-order valence-corrected chi connectivity index (χ1v) is 8.09. The lowest BCUT2D eigenvalue weighted by atomic mass is 10.1. The lowest BCUT2D eigenvalue weighted by Gasteiger charge is -2.28. The second-order valence-electron chi connectivity index (χ2n) is 6.69. The Balaban J connectivity index is 1.82. The summed E-state index contributed by atoms with van der Waals surface area (Å²) >= 11 is 0. The number of amides is 2. The predicted molar refractivity (Wildman–Crippen MR) is 89.3 cm³/mol. The van der Waals surface area contributed by atoms with E-state index in [-0.39, 0.29) is 31.3 Å². The van der Waals surface area contributed by atoms with Crippen molar-refractivity contribution in [2.45, 2.75) is 38.0 Å². The van der Waals surface area contributed by atoms with Gasteiger partial charge < -0.3 is 15.5 Å². The summed E-state index contributed by atoms with van der Waals surface area (Å²) in [6.45, 7) is 3.90. The van der Waals surface area contributed by atoms with Gasteiger partial charge in [-0.25, -0.2) is 4.39 Å². The van der Waals surface area contributed by atoms with E-state index in [1.165, 1.54) is 11.1 Å². The number of alkyl halides is 1. The molecule has 1 aromatic rings. The number of carbonyl (C=O) groups is 2. The summed E-state index contributed by atoms with van der Waals surface area (Å²) in [6.07, 6.45) is 1.97. The van der Waals surface area contributed by atoms with Gasteiger partial charge in [-0.1, -0.05) is 0 Å². The highest BCUT2D eigenvalue weighted by molar-refractivity contribution is 5.93. The highest BCUT2D eigenvalue weighted by Gasteiger charge is 2.35. The van der Waals surface area contributed by atoms with Crippen molar-refractivity contribution in [1.29, 1.82) is 5.26 Å². The molecule has 8 heteroatoms. The summed E-state index contributed by atoms with van der Waals surface area (Å²) in [5.74, 6) is -0.572. The Bertz CT molecular complexity index is 659. The number of hydrogen-bond donors (Lipinski definition) is 2. The summed E-state index contributed by atoms with van der Waals surface area (Å²) < 4.78 is 13.4. The van der Waals surface area contributed by atoms with E-state index < -0.39 is 17.8 Å². The topological polar surface area (TPSA) is 98.1 Å². The summed E-state index contributed by atoms with van der Waals surface area (Å²) in [7, 11) is 0. The minimum atomic E-state index is -1.15. The largest absolute Gasteiger partial charge is 0.350 e. The summed E-state index contributed by atoms with van der Waals surface area (Å²) in [6, 6.07) is 4.58. The first-order chi connectivity index (χ1) is 11.8. The van der Waals surface area contributed by atoms with E-state index in [1.807, 2.05) is 19.9 Å². The maximum absolute atomic E-state index is 13.4. The monoisotopic (exact) mass is 347 g/mol. The molecule has 2 atom stereocenters. The third kappa shape index (κ3) is 5.22. The molecule has 2 amide bonds. The molecule has 1 aliphatic heterocycles. The molecule has 7 nitrogen and oxygen atoms in total. The van der Waals surface area contributed by atoms with Gasteiger partial charge in [0.1, 0.15) is 12.2 Å². The molecule has 0 bridgehead atoms. The van der Waals surface area contributed by atoms with Crippen molar-refractivity contribution in [2.75, 3.05) is 19.6 Å². The number of nitrogens with one attached hydrogen (secondary N) is 2. The second-order valence-corrected chi connectivity index (χ2v) is 6.69. The number of nitriles is 1. The van der Waals surface area contributed by atoms with Gasteiger partial charge in [-0.15, -0.1) is 0 Å². The van der Waals surface area contributed by atoms with Gasteiger partial charge in [-0.05, 0) is 26.0 Å². The van der Waals surface area contributed by atoms with Crippen LogP contribution in [0, 0.1) is 11.3 Å². The van der Waals surface area contributed by atoms with Gasteiger partial charge in [0.25, 0.3) is 5.91 Å². The Morgan fingerprint density at radius 1 is 1.52 bits per heavy atom. The Hall–Kier alpha value is -2.53. The van der Waals surface area contributed by atoms with Gasteiger partial charge >= 0.3 is 0 Å². The Kier molecular flexibility index (Phi) is 6.04. The van der Waals surface area contributed by atoms with E-state index in [1.54, 1.807) is 18.3 Å². The molecule has 0 spiro atoms. The fourth-order valence-corrected chi connectivity index (χ4v) is 2.56. The minimum absolute atomic E-state index is 0.0271. The zero-order valence-corrected chi connectivity index (χ0v) is 14.3. The van der Waals surface area contributed by atoms with Crippen LogP contribution < -0.4 is 10.6 Å². The van der Waals surface area contributed by atoms with E-state index in [2.05, 4.69) is 15.6 Å². The maximum atomic E-state index is 13.4. The van der Waals surface area contributed by atoms with Crippen molar-refractivity contribution in [1.82, 2.24) is 20.5 Å². The van der Waals surface area contributed by atoms with Crippen molar-refractivity contribution in [3.63, 3.8) is 0 Å². The SMILES string of the molecule is CC(C)(CNC(=O)c1cccnc1)NCC(=O)N1C[C@@H](F)C[C@H]1C#N. The molecule has 2 heterocycles. The van der Waals surface area contributed by atoms with Crippen LogP contribution in [0.4, 0.5) is 4.39 Å². The molecule has 2 rings (SSSR count). The standard InChI is InChI=1S/C17H22FN5O2/c1-17(2,11-21-16(25)12-4-3-5-20-8-12)22-9-15(24)23-10-13(18)6-14(23)7-19/h3-5,8,13-14,22H,6,9-11H2,1-2H3,(H,21,25)/t13-,14-/m0/s1. The average molecular weight is 347 g/mol. The zero-order valence-electron chi connectivity index (χ0n) is 14.3. The van der Waals surface area contributed by atoms with E-state index in [0.29, 0.717) is 12.1 Å². The van der Waals surface area contributed by atoms with Crippen LogP contribution in [0.5, 0.6) is 0 Å². The Morgan fingerprint density at radius 3 is 2.92 bits per heavy atom. The number of carbonyl (C=O) groups excluding carboxylic acids is 2. The molecule has 1 saturated heterocycles. The molecule has 25 heavy (non-hydrogen) atoms. The molecule has 0 aromatic carbocycles. The summed E-state index contributed by atoms with van der Waals surface area (Å²) in [5, 5.41) is 14.8. The van der Waals surface area contributed by atoms with Crippen LogP contribution in [-0.2, 0) is 4.79 Å². The van der Waals surface area contributed by atoms with Crippen LogP contribution in [0.2, 0.25) is 0 Å². The Labute approximate surface area is 146 Å². The average Bonchev–Trinajstić information content (AvgIpc) is 2.99. The number of rotatable bonds is 6. The number of pyridine rings is 1. The third-order valence-corrected chi connectivity index (χ3v) is 4.05. The number of nitrogens with zero attached hydrogens (tertiary/aromatic N) is 3. The van der Waals surface area contributed by atoms with E-state index in [0.717, 1.165) is 0 Å².